The fourth-order valence-corrected chi connectivity index (χ4v) is 0. The molecule has 0 aromatic heterocycles. The van der Waals surface area contributed by atoms with Crippen LogP contribution in [0, 0.1) is 10.1 Å². The van der Waals surface area contributed by atoms with E-state index in [1.54, 1.807) is 6.92 Å². The van der Waals surface area contributed by atoms with Crippen molar-refractivity contribution in [3.05, 3.63) is 21.6 Å². The van der Waals surface area contributed by atoms with E-state index in [-0.39, 0.29) is 15.4 Å². The first-order valence-corrected chi connectivity index (χ1v) is 10.8. The number of rotatable bonds is 1. The molecule has 0 bridgehead atoms. The maximum absolute atomic E-state index is 8.00. The van der Waals surface area contributed by atoms with Crippen LogP contribution in [0.5, 0.6) is 0 Å². The van der Waals surface area contributed by atoms with Crippen LogP contribution in [0.25, 0.3) is 11.5 Å². The predicted octanol–water partition coefficient (Wildman–Crippen LogP) is 4.29. The Balaban J connectivity index is -0.0000000278. The third-order valence-corrected chi connectivity index (χ3v) is 0.306. The van der Waals surface area contributed by atoms with Crippen LogP contribution >= 0.6 is 28.3 Å². The Labute approximate surface area is 91.6 Å². The molecule has 5 nitrogen and oxygen atoms in total. The van der Waals surface area contributed by atoms with Gasteiger partial charge in [0.2, 0.25) is 0 Å². The van der Waals surface area contributed by atoms with Gasteiger partial charge >= 0.3 is 42.4 Å². The van der Waals surface area contributed by atoms with E-state index in [4.69, 9.17) is 49.8 Å². The van der Waals surface area contributed by atoms with Crippen LogP contribution < -0.4 is 0 Å². The van der Waals surface area contributed by atoms with E-state index in [0.717, 1.165) is 5.34 Å². The standard InChI is InChI=1S/C3H8N2.3ClH.HNO2.Pt.2H2/c1-3(5)2-4;;;;2-1-3;;;/h3-5H,2H2,1H3;3*1H;(H,2,3);;2*1H/q-2;;;;;+3;;/p-4. The number of nitrogens with one attached hydrogen (secondary N) is 2. The van der Waals surface area contributed by atoms with Gasteiger partial charge in [-0.25, -0.2) is 0 Å². The SMILES string of the molecule is CC([NH-])C[NH-].O=N[O-].[Cl][Pt]([Cl])[Cl].[HH].[HH]. The van der Waals surface area contributed by atoms with Gasteiger partial charge in [0.25, 0.3) is 0 Å². The van der Waals surface area contributed by atoms with E-state index in [1.165, 1.54) is 0 Å². The Morgan fingerprint density at radius 2 is 1.75 bits per heavy atom. The molecule has 0 saturated carbocycles. The van der Waals surface area contributed by atoms with Crippen LogP contribution in [0.2, 0.25) is 0 Å². The summed E-state index contributed by atoms with van der Waals surface area (Å²) in [6.07, 6.45) is 0. The topological polar surface area (TPSA) is 100 Å². The van der Waals surface area contributed by atoms with E-state index in [2.05, 4.69) is 0 Å². The maximum Gasteiger partial charge on any atom is 0 e. The molecular formula is C3H12Cl3N3O2Pt-3. The Morgan fingerprint density at radius 3 is 1.75 bits per heavy atom. The van der Waals surface area contributed by atoms with Gasteiger partial charge in [-0.1, -0.05) is 6.92 Å². The second kappa shape index (κ2) is 17.8. The minimum absolute atomic E-state index is 0. The molecule has 0 aromatic rings. The van der Waals surface area contributed by atoms with E-state index < -0.39 is 14.2 Å². The molecule has 0 aliphatic carbocycles. The Hall–Kier alpha value is 0.878. The van der Waals surface area contributed by atoms with Crippen LogP contribution in [0.1, 0.15) is 9.78 Å². The van der Waals surface area contributed by atoms with E-state index in [9.17, 15) is 0 Å². The summed E-state index contributed by atoms with van der Waals surface area (Å²) >= 11 is -1.85. The molecule has 85 valence electrons. The van der Waals surface area contributed by atoms with E-state index in [1.807, 2.05) is 0 Å². The normalized spacial score (nSPS) is 11.0. The molecule has 0 amide bonds. The molecule has 0 aliphatic rings. The molecule has 12 heavy (non-hydrogen) atoms. The number of hydrogen-bond acceptors (Lipinski definition) is 3. The molecule has 9 heteroatoms. The number of halogens is 3. The zero-order valence-corrected chi connectivity index (χ0v) is 10.5. The molecule has 0 rings (SSSR count). The van der Waals surface area contributed by atoms with Crippen LogP contribution in [0.3, 0.4) is 0 Å². The van der Waals surface area contributed by atoms with Crippen LogP contribution in [-0.4, -0.2) is 12.6 Å². The van der Waals surface area contributed by atoms with E-state index in [0.29, 0.717) is 0 Å². The largest absolute Gasteiger partial charge is 0 e. The van der Waals surface area contributed by atoms with Crippen molar-refractivity contribution in [3.8, 4) is 0 Å². The minimum Gasteiger partial charge on any atom is 0 e. The van der Waals surface area contributed by atoms with Gasteiger partial charge in [-0.2, -0.15) is 12.6 Å². The summed E-state index contributed by atoms with van der Waals surface area (Å²) in [7, 11) is 14.9. The number of hydrogen-bond donors (Lipinski definition) is 0. The molecule has 2 N–H and O–H groups in total. The molecule has 0 aliphatic heterocycles. The minimum atomic E-state index is -1.85. The zero-order valence-electron chi connectivity index (χ0n) is 6.00. The molecule has 1 unspecified atom stereocenters. The van der Waals surface area contributed by atoms with Crippen molar-refractivity contribution < 1.29 is 17.0 Å². The fraction of sp³-hybridized carbons (Fsp3) is 1.00. The summed E-state index contributed by atoms with van der Waals surface area (Å²) in [5, 5.41) is 9.00. The van der Waals surface area contributed by atoms with Crippen LogP contribution in [0.4, 0.5) is 0 Å². The summed E-state index contributed by atoms with van der Waals surface area (Å²) in [5.41, 5.74) is 13.1. The van der Waals surface area contributed by atoms with Crippen LogP contribution in [0.15, 0.2) is 5.34 Å². The third kappa shape index (κ3) is 128. The average molecular weight is 424 g/mol. The van der Waals surface area contributed by atoms with E-state index >= 15 is 0 Å². The first-order chi connectivity index (χ1) is 5.42. The maximum atomic E-state index is 8.00. The first-order valence-electron chi connectivity index (χ1n) is 2.35. The van der Waals surface area contributed by atoms with Gasteiger partial charge in [-0.05, 0) is 0 Å². The molecular weight excluding hydrogens is 411 g/mol. The molecule has 0 heterocycles. The first kappa shape index (κ1) is 18.6. The van der Waals surface area contributed by atoms with Gasteiger partial charge in [-0.15, -0.1) is 5.34 Å². The average Bonchev–Trinajstić information content (AvgIpc) is 1.88. The van der Waals surface area contributed by atoms with Crippen molar-refractivity contribution in [2.75, 3.05) is 6.54 Å². The summed E-state index contributed by atoms with van der Waals surface area (Å²) in [5.74, 6) is 0. The Kier molecular flexibility index (Phi) is 27.7. The van der Waals surface area contributed by atoms with Crippen molar-refractivity contribution >= 4 is 28.3 Å². The van der Waals surface area contributed by atoms with Crippen molar-refractivity contribution in [2.45, 2.75) is 13.0 Å². The van der Waals surface area contributed by atoms with Crippen molar-refractivity contribution in [1.29, 1.82) is 0 Å². The van der Waals surface area contributed by atoms with Gasteiger partial charge in [0, 0.05) is 2.85 Å². The Bertz CT molecular complexity index is 92.7. The third-order valence-electron chi connectivity index (χ3n) is 0.306. The van der Waals surface area contributed by atoms with Gasteiger partial charge in [-0.3, -0.25) is 0 Å². The summed E-state index contributed by atoms with van der Waals surface area (Å²) in [4.78, 5) is 8.00. The second-order valence-corrected chi connectivity index (χ2v) is 11.2. The molecule has 0 radical (unpaired) electrons. The van der Waals surface area contributed by atoms with Gasteiger partial charge < -0.3 is 21.6 Å². The Morgan fingerprint density at radius 1 is 1.67 bits per heavy atom. The summed E-state index contributed by atoms with van der Waals surface area (Å²) in [6.45, 7) is 1.92. The molecule has 0 fully saturated rings. The zero-order chi connectivity index (χ0) is 10.6. The summed E-state index contributed by atoms with van der Waals surface area (Å²) < 4.78 is 0. The van der Waals surface area contributed by atoms with Crippen molar-refractivity contribution in [3.63, 3.8) is 0 Å². The number of nitrogens with zero attached hydrogens (tertiary/aromatic N) is 1. The monoisotopic (exact) mass is 422 g/mol. The van der Waals surface area contributed by atoms with Crippen molar-refractivity contribution in [1.82, 2.24) is 0 Å². The van der Waals surface area contributed by atoms with Crippen LogP contribution in [-0.2, 0) is 14.2 Å². The predicted molar refractivity (Wildman–Crippen MR) is 53.9 cm³/mol. The van der Waals surface area contributed by atoms with Gasteiger partial charge in [0.1, 0.15) is 0 Å². The molecule has 0 saturated heterocycles. The quantitative estimate of drug-likeness (QED) is 0.464. The second-order valence-electron chi connectivity index (χ2n) is 1.32. The molecule has 0 spiro atoms. The fourth-order valence-electron chi connectivity index (χ4n) is 0. The van der Waals surface area contributed by atoms with Gasteiger partial charge in [0.15, 0.2) is 0 Å². The summed E-state index contributed by atoms with van der Waals surface area (Å²) in [6, 6.07) is -0.199. The van der Waals surface area contributed by atoms with Crippen molar-refractivity contribution in [2.24, 2.45) is 5.34 Å². The smallest absolute Gasteiger partial charge is 0 e. The molecule has 0 aromatic carbocycles. The molecule has 1 atom stereocenters. The van der Waals surface area contributed by atoms with Gasteiger partial charge in [0.05, 0.1) is 0 Å².